The molecule has 0 aliphatic heterocycles. The molecule has 0 radical (unpaired) electrons. The molecule has 1 N–H and O–H groups in total. The van der Waals surface area contributed by atoms with Crippen molar-refractivity contribution in [3.05, 3.63) is 29.8 Å². The van der Waals surface area contributed by atoms with Gasteiger partial charge in [0.2, 0.25) is 0 Å². The quantitative estimate of drug-likeness (QED) is 0.864. The van der Waals surface area contributed by atoms with Crippen molar-refractivity contribution in [3.8, 4) is 5.75 Å². The van der Waals surface area contributed by atoms with Gasteiger partial charge in [0.1, 0.15) is 11.5 Å². The van der Waals surface area contributed by atoms with Crippen molar-refractivity contribution in [2.24, 2.45) is 11.8 Å². The first-order chi connectivity index (χ1) is 10.1. The fourth-order valence-electron chi connectivity index (χ4n) is 3.35. The molecule has 0 spiro atoms. The molecular weight excluding hydrogens is 264 g/mol. The molecule has 21 heavy (non-hydrogen) atoms. The minimum atomic E-state index is -0.588. The van der Waals surface area contributed by atoms with Gasteiger partial charge in [0.15, 0.2) is 0 Å². The van der Waals surface area contributed by atoms with Gasteiger partial charge >= 0.3 is 0 Å². The number of hydrogen-bond acceptors (Lipinski definition) is 3. The van der Waals surface area contributed by atoms with Gasteiger partial charge < -0.3 is 9.84 Å². The van der Waals surface area contributed by atoms with E-state index in [4.69, 9.17) is 4.74 Å². The summed E-state index contributed by atoms with van der Waals surface area (Å²) in [6.07, 6.45) is 4.95. The summed E-state index contributed by atoms with van der Waals surface area (Å²) in [6, 6.07) is 7.48. The van der Waals surface area contributed by atoms with Gasteiger partial charge in [-0.15, -0.1) is 0 Å². The molecule has 3 atom stereocenters. The van der Waals surface area contributed by atoms with Gasteiger partial charge in [0, 0.05) is 12.3 Å². The van der Waals surface area contributed by atoms with Crippen LogP contribution < -0.4 is 4.74 Å². The van der Waals surface area contributed by atoms with Gasteiger partial charge in [-0.25, -0.2) is 0 Å². The number of rotatable bonds is 6. The van der Waals surface area contributed by atoms with Crippen LogP contribution in [0.1, 0.15) is 57.1 Å². The highest BCUT2D eigenvalue weighted by molar-refractivity contribution is 5.81. The number of carbonyl (C=O) groups excluding carboxylic acids is 1. The molecule has 1 saturated carbocycles. The lowest BCUT2D eigenvalue weighted by atomic mass is 9.76. The van der Waals surface area contributed by atoms with E-state index in [1.165, 1.54) is 12.8 Å². The Balaban J connectivity index is 1.99. The van der Waals surface area contributed by atoms with E-state index in [0.29, 0.717) is 24.5 Å². The van der Waals surface area contributed by atoms with Gasteiger partial charge in [-0.05, 0) is 42.9 Å². The zero-order valence-corrected chi connectivity index (χ0v) is 13.0. The van der Waals surface area contributed by atoms with Gasteiger partial charge in [-0.1, -0.05) is 31.9 Å². The highest BCUT2D eigenvalue weighted by Crippen LogP contribution is 2.35. The molecule has 1 aromatic rings. The summed E-state index contributed by atoms with van der Waals surface area (Å²) in [6.45, 7) is 2.19. The summed E-state index contributed by atoms with van der Waals surface area (Å²) in [5.74, 6) is 1.72. The number of aliphatic hydroxyl groups excluding tert-OH is 1. The van der Waals surface area contributed by atoms with Crippen LogP contribution in [0.25, 0.3) is 0 Å². The van der Waals surface area contributed by atoms with Crippen molar-refractivity contribution in [1.82, 2.24) is 0 Å². The molecule has 1 fully saturated rings. The third-order valence-electron chi connectivity index (χ3n) is 4.56. The molecular formula is C18H26O3. The minimum absolute atomic E-state index is 0.0106. The predicted molar refractivity (Wildman–Crippen MR) is 83.3 cm³/mol. The zero-order chi connectivity index (χ0) is 15.2. The number of carbonyl (C=O) groups is 1. The smallest absolute Gasteiger partial charge is 0.136 e. The van der Waals surface area contributed by atoms with E-state index in [0.717, 1.165) is 24.2 Å². The summed E-state index contributed by atoms with van der Waals surface area (Å²) >= 11 is 0. The van der Waals surface area contributed by atoms with Gasteiger partial charge in [0.05, 0.1) is 13.2 Å². The monoisotopic (exact) mass is 290 g/mol. The Morgan fingerprint density at radius 3 is 2.95 bits per heavy atom. The molecule has 3 heteroatoms. The SMILES string of the molecule is CCCC1CCC(=O)C(CC(O)c2cccc(OC)c2)C1. The van der Waals surface area contributed by atoms with Crippen LogP contribution in [-0.2, 0) is 4.79 Å². The van der Waals surface area contributed by atoms with E-state index < -0.39 is 6.10 Å². The topological polar surface area (TPSA) is 46.5 Å². The summed E-state index contributed by atoms with van der Waals surface area (Å²) < 4.78 is 5.19. The van der Waals surface area contributed by atoms with Crippen LogP contribution >= 0.6 is 0 Å². The Labute approximate surface area is 127 Å². The zero-order valence-electron chi connectivity index (χ0n) is 13.0. The number of ether oxygens (including phenoxy) is 1. The molecule has 2 rings (SSSR count). The predicted octanol–water partition coefficient (Wildman–Crippen LogP) is 3.90. The van der Waals surface area contributed by atoms with E-state index in [-0.39, 0.29) is 5.92 Å². The summed E-state index contributed by atoms with van der Waals surface area (Å²) in [7, 11) is 1.62. The minimum Gasteiger partial charge on any atom is -0.497 e. The maximum absolute atomic E-state index is 12.1. The number of ketones is 1. The first kappa shape index (κ1) is 16.0. The molecule has 0 bridgehead atoms. The molecule has 1 aromatic carbocycles. The Morgan fingerprint density at radius 2 is 2.24 bits per heavy atom. The third-order valence-corrected chi connectivity index (χ3v) is 4.56. The maximum atomic E-state index is 12.1. The second-order valence-corrected chi connectivity index (χ2v) is 6.12. The second-order valence-electron chi connectivity index (χ2n) is 6.12. The van der Waals surface area contributed by atoms with Crippen LogP contribution in [-0.4, -0.2) is 18.0 Å². The first-order valence-corrected chi connectivity index (χ1v) is 7.98. The van der Waals surface area contributed by atoms with Crippen molar-refractivity contribution in [3.63, 3.8) is 0 Å². The molecule has 1 aliphatic rings. The third kappa shape index (κ3) is 4.31. The van der Waals surface area contributed by atoms with Crippen LogP contribution in [0.15, 0.2) is 24.3 Å². The van der Waals surface area contributed by atoms with E-state index >= 15 is 0 Å². The van der Waals surface area contributed by atoms with Crippen LogP contribution in [0.3, 0.4) is 0 Å². The molecule has 0 heterocycles. The van der Waals surface area contributed by atoms with Crippen molar-refractivity contribution in [2.45, 2.75) is 51.6 Å². The first-order valence-electron chi connectivity index (χ1n) is 7.98. The lowest BCUT2D eigenvalue weighted by Gasteiger charge is -2.29. The molecule has 3 nitrogen and oxygen atoms in total. The number of benzene rings is 1. The number of hydrogen-bond donors (Lipinski definition) is 1. The molecule has 3 unspecified atom stereocenters. The summed E-state index contributed by atoms with van der Waals surface area (Å²) in [4.78, 5) is 12.1. The molecule has 0 aromatic heterocycles. The van der Waals surface area contributed by atoms with Crippen LogP contribution in [0.5, 0.6) is 5.75 Å². The molecule has 0 saturated heterocycles. The second kappa shape index (κ2) is 7.60. The highest BCUT2D eigenvalue weighted by atomic mass is 16.5. The van der Waals surface area contributed by atoms with E-state index in [2.05, 4.69) is 6.92 Å². The van der Waals surface area contributed by atoms with Gasteiger partial charge in [0.25, 0.3) is 0 Å². The standard InChI is InChI=1S/C18H26O3/c1-3-5-13-8-9-17(19)15(10-13)12-18(20)14-6-4-7-16(11-14)21-2/h4,6-7,11,13,15,18,20H,3,5,8-10,12H2,1-2H3. The van der Waals surface area contributed by atoms with Crippen LogP contribution in [0.4, 0.5) is 0 Å². The molecule has 1 aliphatic carbocycles. The van der Waals surface area contributed by atoms with Gasteiger partial charge in [-0.3, -0.25) is 4.79 Å². The Bertz CT molecular complexity index is 469. The Hall–Kier alpha value is -1.35. The largest absolute Gasteiger partial charge is 0.497 e. The lowest BCUT2D eigenvalue weighted by molar-refractivity contribution is -0.126. The van der Waals surface area contributed by atoms with Crippen molar-refractivity contribution in [2.75, 3.05) is 7.11 Å². The fourth-order valence-corrected chi connectivity index (χ4v) is 3.35. The maximum Gasteiger partial charge on any atom is 0.136 e. The fraction of sp³-hybridized carbons (Fsp3) is 0.611. The Kier molecular flexibility index (Phi) is 5.80. The molecule has 116 valence electrons. The van der Waals surface area contributed by atoms with Crippen LogP contribution in [0, 0.1) is 11.8 Å². The molecule has 0 amide bonds. The average molecular weight is 290 g/mol. The summed E-state index contributed by atoms with van der Waals surface area (Å²) in [5, 5.41) is 10.4. The lowest BCUT2D eigenvalue weighted by Crippen LogP contribution is -2.26. The van der Waals surface area contributed by atoms with Gasteiger partial charge in [-0.2, -0.15) is 0 Å². The number of methoxy groups -OCH3 is 1. The van der Waals surface area contributed by atoms with E-state index in [1.54, 1.807) is 7.11 Å². The Morgan fingerprint density at radius 1 is 1.43 bits per heavy atom. The number of aliphatic hydroxyl groups is 1. The van der Waals surface area contributed by atoms with Crippen LogP contribution in [0.2, 0.25) is 0 Å². The van der Waals surface area contributed by atoms with E-state index in [1.807, 2.05) is 24.3 Å². The average Bonchev–Trinajstić information content (AvgIpc) is 2.51. The van der Waals surface area contributed by atoms with E-state index in [9.17, 15) is 9.90 Å². The van der Waals surface area contributed by atoms with Crippen molar-refractivity contribution < 1.29 is 14.6 Å². The normalized spacial score (nSPS) is 23.9. The summed E-state index contributed by atoms with van der Waals surface area (Å²) in [5.41, 5.74) is 0.833. The highest BCUT2D eigenvalue weighted by Gasteiger charge is 2.30. The number of Topliss-reactive ketones (excluding diaryl/α,β-unsaturated/α-hetero) is 1. The van der Waals surface area contributed by atoms with Crippen molar-refractivity contribution >= 4 is 5.78 Å². The van der Waals surface area contributed by atoms with Crippen molar-refractivity contribution in [1.29, 1.82) is 0 Å².